The fourth-order valence-corrected chi connectivity index (χ4v) is 4.06. The van der Waals surface area contributed by atoms with Gasteiger partial charge in [0.05, 0.1) is 17.2 Å². The van der Waals surface area contributed by atoms with E-state index in [-0.39, 0.29) is 12.3 Å². The maximum atomic E-state index is 13.2. The molecule has 144 valence electrons. The molecule has 0 aliphatic heterocycles. The molecular weight excluding hydrogens is 396 g/mol. The van der Waals surface area contributed by atoms with Crippen molar-refractivity contribution >= 4 is 39.0 Å². The lowest BCUT2D eigenvalue weighted by Crippen LogP contribution is -2.37. The summed E-state index contributed by atoms with van der Waals surface area (Å²) in [7, 11) is -4.44. The Morgan fingerprint density at radius 1 is 1.26 bits per heavy atom. The minimum atomic E-state index is -4.44. The number of benzene rings is 2. The molecule has 0 saturated heterocycles. The van der Waals surface area contributed by atoms with Crippen LogP contribution in [-0.4, -0.2) is 32.5 Å². The van der Waals surface area contributed by atoms with Crippen molar-refractivity contribution in [3.63, 3.8) is 0 Å². The van der Waals surface area contributed by atoms with Crippen LogP contribution in [0.25, 0.3) is 0 Å². The Hall–Kier alpha value is -2.65. The number of aryl methyl sites for hydroxylation is 1. The van der Waals surface area contributed by atoms with Crippen molar-refractivity contribution in [2.75, 3.05) is 17.5 Å². The normalized spacial score (nSPS) is 11.1. The summed E-state index contributed by atoms with van der Waals surface area (Å²) in [6, 6.07) is 9.35. The molecule has 0 aliphatic carbocycles. The van der Waals surface area contributed by atoms with Crippen LogP contribution in [0.1, 0.15) is 12.5 Å². The molecule has 0 unspecified atom stereocenters. The smallest absolute Gasteiger partial charge is 0.326 e. The predicted molar refractivity (Wildman–Crippen MR) is 100 cm³/mol. The van der Waals surface area contributed by atoms with Crippen LogP contribution >= 0.6 is 11.6 Å². The molecule has 2 aromatic rings. The highest BCUT2D eigenvalue weighted by Gasteiger charge is 2.33. The van der Waals surface area contributed by atoms with Gasteiger partial charge in [0.15, 0.2) is 4.90 Å². The fourth-order valence-electron chi connectivity index (χ4n) is 2.32. The summed E-state index contributed by atoms with van der Waals surface area (Å²) in [5.74, 6) is -0.795. The van der Waals surface area contributed by atoms with Crippen molar-refractivity contribution in [3.05, 3.63) is 63.2 Å². The third-order valence-electron chi connectivity index (χ3n) is 3.65. The van der Waals surface area contributed by atoms with E-state index in [4.69, 9.17) is 16.3 Å². The van der Waals surface area contributed by atoms with E-state index in [1.807, 2.05) is 0 Å². The number of esters is 1. The van der Waals surface area contributed by atoms with Gasteiger partial charge >= 0.3 is 5.97 Å². The zero-order chi connectivity index (χ0) is 20.2. The second-order valence-electron chi connectivity index (χ2n) is 5.48. The Balaban J connectivity index is 2.63. The number of nitro groups is 1. The minimum Gasteiger partial charge on any atom is -0.465 e. The van der Waals surface area contributed by atoms with E-state index < -0.39 is 38.0 Å². The maximum Gasteiger partial charge on any atom is 0.326 e. The van der Waals surface area contributed by atoms with Gasteiger partial charge in [0, 0.05) is 11.1 Å². The summed E-state index contributed by atoms with van der Waals surface area (Å²) >= 11 is 6.09. The van der Waals surface area contributed by atoms with Gasteiger partial charge in [-0.25, -0.2) is 8.42 Å². The lowest BCUT2D eigenvalue weighted by molar-refractivity contribution is -0.387. The van der Waals surface area contributed by atoms with Crippen LogP contribution in [0.4, 0.5) is 11.4 Å². The topological polar surface area (TPSA) is 107 Å². The minimum absolute atomic E-state index is 0.0624. The molecule has 0 bridgehead atoms. The van der Waals surface area contributed by atoms with Crippen LogP contribution in [0, 0.1) is 17.0 Å². The van der Waals surface area contributed by atoms with Gasteiger partial charge in [-0.05, 0) is 37.6 Å². The molecule has 0 aromatic heterocycles. The Morgan fingerprint density at radius 2 is 1.93 bits per heavy atom. The molecule has 10 heteroatoms. The molecule has 0 saturated carbocycles. The molecule has 8 nitrogen and oxygen atoms in total. The monoisotopic (exact) mass is 412 g/mol. The highest BCUT2D eigenvalue weighted by Crippen LogP contribution is 2.31. The summed E-state index contributed by atoms with van der Waals surface area (Å²) in [6.07, 6.45) is 0. The first-order valence-corrected chi connectivity index (χ1v) is 9.68. The highest BCUT2D eigenvalue weighted by atomic mass is 35.5. The number of nitrogens with zero attached hydrogens (tertiary/aromatic N) is 2. The van der Waals surface area contributed by atoms with Gasteiger partial charge in [-0.2, -0.15) is 0 Å². The van der Waals surface area contributed by atoms with Crippen molar-refractivity contribution in [2.45, 2.75) is 18.7 Å². The molecular formula is C17H17ClN2O6S. The number of para-hydroxylation sites is 1. The zero-order valence-electron chi connectivity index (χ0n) is 14.6. The van der Waals surface area contributed by atoms with E-state index in [0.717, 1.165) is 16.4 Å². The van der Waals surface area contributed by atoms with Crippen LogP contribution in [0.3, 0.4) is 0 Å². The number of carbonyl (C=O) groups excluding carboxylic acids is 1. The van der Waals surface area contributed by atoms with E-state index in [9.17, 15) is 23.3 Å². The number of sulfonamides is 1. The van der Waals surface area contributed by atoms with Gasteiger partial charge in [-0.15, -0.1) is 0 Å². The van der Waals surface area contributed by atoms with Gasteiger partial charge in [-0.1, -0.05) is 29.8 Å². The summed E-state index contributed by atoms with van der Waals surface area (Å²) in [4.78, 5) is 21.9. The standard InChI is InChI=1S/C17H17ClN2O6S/c1-3-26-17(21)11-19(13-9-8-12(2)14(18)10-13)27(24,25)16-7-5-4-6-15(16)20(22)23/h4-10H,3,11H2,1-2H3. The number of carbonyl (C=O) groups is 1. The molecule has 0 N–H and O–H groups in total. The molecule has 0 fully saturated rings. The zero-order valence-corrected chi connectivity index (χ0v) is 16.2. The second kappa shape index (κ2) is 8.36. The predicted octanol–water partition coefficient (Wildman–Crippen LogP) is 3.32. The Kier molecular flexibility index (Phi) is 6.40. The number of nitro benzene ring substituents is 1. The Morgan fingerprint density at radius 3 is 2.52 bits per heavy atom. The van der Waals surface area contributed by atoms with E-state index in [0.29, 0.717) is 10.6 Å². The van der Waals surface area contributed by atoms with E-state index in [1.165, 1.54) is 24.3 Å². The van der Waals surface area contributed by atoms with Gasteiger partial charge in [-0.3, -0.25) is 19.2 Å². The Bertz CT molecular complexity index is 977. The van der Waals surface area contributed by atoms with Gasteiger partial charge in [0.25, 0.3) is 15.7 Å². The first kappa shape index (κ1) is 20.7. The van der Waals surface area contributed by atoms with Crippen LogP contribution in [0.5, 0.6) is 0 Å². The average Bonchev–Trinajstić information content (AvgIpc) is 2.62. The van der Waals surface area contributed by atoms with Crippen molar-refractivity contribution in [1.82, 2.24) is 0 Å². The van der Waals surface area contributed by atoms with Crippen molar-refractivity contribution in [3.8, 4) is 0 Å². The summed E-state index contributed by atoms with van der Waals surface area (Å²) in [5, 5.41) is 11.6. The number of rotatable bonds is 7. The van der Waals surface area contributed by atoms with Crippen LogP contribution in [0.2, 0.25) is 5.02 Å². The maximum absolute atomic E-state index is 13.2. The molecule has 0 spiro atoms. The van der Waals surface area contributed by atoms with Crippen molar-refractivity contribution in [1.29, 1.82) is 0 Å². The van der Waals surface area contributed by atoms with Crippen molar-refractivity contribution in [2.24, 2.45) is 0 Å². The number of halogens is 1. The van der Waals surface area contributed by atoms with Crippen molar-refractivity contribution < 1.29 is 22.9 Å². The van der Waals surface area contributed by atoms with Crippen LogP contribution < -0.4 is 4.31 Å². The molecule has 0 atom stereocenters. The average molecular weight is 413 g/mol. The summed E-state index contributed by atoms with van der Waals surface area (Å²) < 4.78 is 31.9. The number of hydrogen-bond acceptors (Lipinski definition) is 6. The Labute approximate surface area is 161 Å². The molecule has 0 aliphatic rings. The first-order chi connectivity index (χ1) is 12.7. The molecule has 0 radical (unpaired) electrons. The van der Waals surface area contributed by atoms with Crippen LogP contribution in [0.15, 0.2) is 47.4 Å². The number of anilines is 1. The summed E-state index contributed by atoms with van der Waals surface area (Å²) in [6.45, 7) is 2.73. The van der Waals surface area contributed by atoms with Gasteiger partial charge in [0.1, 0.15) is 6.54 Å². The molecule has 27 heavy (non-hydrogen) atoms. The van der Waals surface area contributed by atoms with Crippen LogP contribution in [-0.2, 0) is 19.6 Å². The van der Waals surface area contributed by atoms with Gasteiger partial charge in [0.2, 0.25) is 0 Å². The SMILES string of the molecule is CCOC(=O)CN(c1ccc(C)c(Cl)c1)S(=O)(=O)c1ccccc1[N+](=O)[O-]. The molecule has 2 rings (SSSR count). The molecule has 2 aromatic carbocycles. The largest absolute Gasteiger partial charge is 0.465 e. The lowest BCUT2D eigenvalue weighted by Gasteiger charge is -2.24. The number of ether oxygens (including phenoxy) is 1. The molecule has 0 amide bonds. The molecule has 0 heterocycles. The lowest BCUT2D eigenvalue weighted by atomic mass is 10.2. The van der Waals surface area contributed by atoms with E-state index in [1.54, 1.807) is 19.9 Å². The third-order valence-corrected chi connectivity index (χ3v) is 5.88. The first-order valence-electron chi connectivity index (χ1n) is 7.86. The fraction of sp³-hybridized carbons (Fsp3) is 0.235. The number of hydrogen-bond donors (Lipinski definition) is 0. The third kappa shape index (κ3) is 4.55. The van der Waals surface area contributed by atoms with Gasteiger partial charge < -0.3 is 4.74 Å². The van der Waals surface area contributed by atoms with E-state index in [2.05, 4.69) is 0 Å². The summed E-state index contributed by atoms with van der Waals surface area (Å²) in [5.41, 5.74) is 0.209. The van der Waals surface area contributed by atoms with E-state index >= 15 is 0 Å². The second-order valence-corrected chi connectivity index (χ2v) is 7.71. The highest BCUT2D eigenvalue weighted by molar-refractivity contribution is 7.93. The quantitative estimate of drug-likeness (QED) is 0.392.